The lowest BCUT2D eigenvalue weighted by atomic mass is 10.2. The number of nitrogens with zero attached hydrogens (tertiary/aromatic N) is 1. The first-order valence-corrected chi connectivity index (χ1v) is 6.41. The third kappa shape index (κ3) is 3.06. The predicted molar refractivity (Wildman–Crippen MR) is 72.7 cm³/mol. The smallest absolute Gasteiger partial charge is 0.132 e. The summed E-state index contributed by atoms with van der Waals surface area (Å²) in [5.41, 5.74) is 1.44. The van der Waals surface area contributed by atoms with E-state index >= 15 is 0 Å². The Morgan fingerprint density at radius 1 is 1.00 bits per heavy atom. The molecule has 1 aromatic rings. The summed E-state index contributed by atoms with van der Waals surface area (Å²) >= 11 is 0. The largest absolute Gasteiger partial charge is 0.312 e. The average Bonchev–Trinajstić information content (AvgIpc) is 2.36. The number of para-hydroxylation sites is 1. The molecule has 0 aliphatic heterocycles. The molecule has 0 heterocycles. The molecule has 2 heteroatoms. The normalized spacial score (nSPS) is 11.7. The Morgan fingerprint density at radius 2 is 1.62 bits per heavy atom. The number of rotatable bonds is 7. The van der Waals surface area contributed by atoms with Crippen LogP contribution in [0.2, 0.25) is 0 Å². The molecule has 0 saturated carbocycles. The Bertz CT molecular complexity index is 278. The minimum absolute atomic E-state index is 1.06. The highest BCUT2D eigenvalue weighted by atomic mass is 15.4. The zero-order valence-electron chi connectivity index (χ0n) is 10.9. The first-order valence-electron chi connectivity index (χ1n) is 6.41. The third-order valence-electron chi connectivity index (χ3n) is 3.48. The topological polar surface area (TPSA) is 12.0 Å². The third-order valence-corrected chi connectivity index (χ3v) is 3.48. The fraction of sp³-hybridized carbons (Fsp3) is 0.571. The van der Waals surface area contributed by atoms with Crippen molar-refractivity contribution in [3.63, 3.8) is 0 Å². The predicted octanol–water partition coefficient (Wildman–Crippen LogP) is 2.64. The van der Waals surface area contributed by atoms with Gasteiger partial charge in [-0.1, -0.05) is 25.1 Å². The van der Waals surface area contributed by atoms with Crippen molar-refractivity contribution in [1.82, 2.24) is 9.80 Å². The van der Waals surface area contributed by atoms with Crippen molar-refractivity contribution in [3.05, 3.63) is 30.3 Å². The maximum atomic E-state index is 3.43. The molecule has 0 aliphatic carbocycles. The van der Waals surface area contributed by atoms with Gasteiger partial charge in [-0.25, -0.2) is 0 Å². The molecular formula is C14H25N2+. The molecule has 0 radical (unpaired) electrons. The van der Waals surface area contributed by atoms with Crippen LogP contribution in [0.5, 0.6) is 0 Å². The number of nitrogens with one attached hydrogen (secondary N) is 1. The summed E-state index contributed by atoms with van der Waals surface area (Å²) in [4.78, 5) is 0. The van der Waals surface area contributed by atoms with Crippen molar-refractivity contribution < 1.29 is 0 Å². The van der Waals surface area contributed by atoms with Gasteiger partial charge in [-0.15, -0.1) is 0 Å². The molecule has 0 aliphatic rings. The summed E-state index contributed by atoms with van der Waals surface area (Å²) in [6, 6.07) is 10.9. The van der Waals surface area contributed by atoms with Crippen molar-refractivity contribution >= 4 is 5.69 Å². The van der Waals surface area contributed by atoms with Crippen molar-refractivity contribution in [2.24, 2.45) is 0 Å². The van der Waals surface area contributed by atoms with Gasteiger partial charge in [-0.2, -0.15) is 0 Å². The van der Waals surface area contributed by atoms with Gasteiger partial charge in [-0.05, 0) is 32.5 Å². The van der Waals surface area contributed by atoms with Gasteiger partial charge in [0.25, 0.3) is 0 Å². The zero-order valence-corrected chi connectivity index (χ0v) is 10.9. The molecule has 0 saturated heterocycles. The van der Waals surface area contributed by atoms with Crippen LogP contribution in [0.3, 0.4) is 0 Å². The molecule has 0 unspecified atom stereocenters. The molecule has 1 N–H and O–H groups in total. The molecule has 0 fully saturated rings. The van der Waals surface area contributed by atoms with Crippen LogP contribution in [0.25, 0.3) is 0 Å². The standard InChI is InChI=1S/C14H25N2/c1-4-15-12-13-16(5-2,6-3)14-10-8-7-9-11-14/h7-11,15H,4-6,12-13H2,1-3H3/q+1. The van der Waals surface area contributed by atoms with Gasteiger partial charge in [0.05, 0.1) is 19.6 Å². The lowest BCUT2D eigenvalue weighted by Gasteiger charge is -2.36. The minimum Gasteiger partial charge on any atom is -0.312 e. The fourth-order valence-corrected chi connectivity index (χ4v) is 2.25. The van der Waals surface area contributed by atoms with Crippen LogP contribution < -0.4 is 9.80 Å². The molecule has 16 heavy (non-hydrogen) atoms. The van der Waals surface area contributed by atoms with Crippen LogP contribution in [0.15, 0.2) is 30.3 Å². The summed E-state index contributed by atoms with van der Waals surface area (Å²) in [6.45, 7) is 12.4. The molecule has 2 nitrogen and oxygen atoms in total. The highest BCUT2D eigenvalue weighted by Crippen LogP contribution is 2.21. The number of hydrogen-bond donors (Lipinski definition) is 1. The van der Waals surface area contributed by atoms with Gasteiger partial charge < -0.3 is 5.32 Å². The Morgan fingerprint density at radius 3 is 2.12 bits per heavy atom. The van der Waals surface area contributed by atoms with E-state index in [0.29, 0.717) is 0 Å². The van der Waals surface area contributed by atoms with Crippen LogP contribution in [-0.4, -0.2) is 32.7 Å². The average molecular weight is 221 g/mol. The van der Waals surface area contributed by atoms with Crippen molar-refractivity contribution in [2.45, 2.75) is 20.8 Å². The van der Waals surface area contributed by atoms with E-state index in [9.17, 15) is 0 Å². The first kappa shape index (κ1) is 13.2. The van der Waals surface area contributed by atoms with Crippen LogP contribution >= 0.6 is 0 Å². The second kappa shape index (κ2) is 6.66. The van der Waals surface area contributed by atoms with Gasteiger partial charge in [0.1, 0.15) is 5.69 Å². The summed E-state index contributed by atoms with van der Waals surface area (Å²) in [5, 5.41) is 3.43. The highest BCUT2D eigenvalue weighted by molar-refractivity contribution is 5.42. The summed E-state index contributed by atoms with van der Waals surface area (Å²) in [7, 11) is 0. The SMILES string of the molecule is CCNCC[N+](CC)(CC)c1ccccc1. The minimum atomic E-state index is 1.06. The second-order valence-electron chi connectivity index (χ2n) is 4.19. The van der Waals surface area contributed by atoms with Crippen LogP contribution in [-0.2, 0) is 0 Å². The molecule has 0 spiro atoms. The number of likely N-dealkylation sites (N-methyl/N-ethyl adjacent to an activating group) is 2. The van der Waals surface area contributed by atoms with E-state index in [1.807, 2.05) is 0 Å². The van der Waals surface area contributed by atoms with Gasteiger partial charge >= 0.3 is 0 Å². The monoisotopic (exact) mass is 221 g/mol. The molecule has 0 atom stereocenters. The van der Waals surface area contributed by atoms with E-state index in [1.165, 1.54) is 12.2 Å². The fourth-order valence-electron chi connectivity index (χ4n) is 2.25. The Hall–Kier alpha value is -0.860. The lowest BCUT2D eigenvalue weighted by molar-refractivity contribution is 0.299. The quantitative estimate of drug-likeness (QED) is 0.551. The summed E-state index contributed by atoms with van der Waals surface area (Å²) < 4.78 is 1.08. The van der Waals surface area contributed by atoms with E-state index in [0.717, 1.165) is 30.7 Å². The van der Waals surface area contributed by atoms with Gasteiger partial charge in [0.2, 0.25) is 0 Å². The molecule has 0 aromatic heterocycles. The molecule has 0 bridgehead atoms. The van der Waals surface area contributed by atoms with Crippen molar-refractivity contribution in [3.8, 4) is 0 Å². The second-order valence-corrected chi connectivity index (χ2v) is 4.19. The van der Waals surface area contributed by atoms with Crippen molar-refractivity contribution in [1.29, 1.82) is 0 Å². The van der Waals surface area contributed by atoms with E-state index < -0.39 is 0 Å². The lowest BCUT2D eigenvalue weighted by Crippen LogP contribution is -2.52. The molecule has 1 rings (SSSR count). The maximum absolute atomic E-state index is 3.43. The summed E-state index contributed by atoms with van der Waals surface area (Å²) in [5.74, 6) is 0. The molecule has 1 aromatic carbocycles. The van der Waals surface area contributed by atoms with Crippen LogP contribution in [0.1, 0.15) is 20.8 Å². The highest BCUT2D eigenvalue weighted by Gasteiger charge is 2.25. The van der Waals surface area contributed by atoms with E-state index in [2.05, 4.69) is 56.4 Å². The first-order chi connectivity index (χ1) is 7.79. The summed E-state index contributed by atoms with van der Waals surface area (Å²) in [6.07, 6.45) is 0. The molecule has 0 amide bonds. The zero-order chi connectivity index (χ0) is 11.9. The van der Waals surface area contributed by atoms with E-state index in [1.54, 1.807) is 0 Å². The number of benzene rings is 1. The maximum Gasteiger partial charge on any atom is 0.132 e. The van der Waals surface area contributed by atoms with Crippen molar-refractivity contribution in [2.75, 3.05) is 32.7 Å². The Labute approximate surface area is 99.9 Å². The van der Waals surface area contributed by atoms with Gasteiger partial charge in [-0.3, -0.25) is 4.48 Å². The Balaban J connectivity index is 2.79. The van der Waals surface area contributed by atoms with E-state index in [4.69, 9.17) is 0 Å². The van der Waals surface area contributed by atoms with Gasteiger partial charge in [0.15, 0.2) is 0 Å². The van der Waals surface area contributed by atoms with Gasteiger partial charge in [0, 0.05) is 6.54 Å². The number of quaternary nitrogens is 1. The van der Waals surface area contributed by atoms with Crippen LogP contribution in [0, 0.1) is 0 Å². The Kier molecular flexibility index (Phi) is 5.50. The molecule has 90 valence electrons. The number of hydrogen-bond acceptors (Lipinski definition) is 1. The molecular weight excluding hydrogens is 196 g/mol. The van der Waals surface area contributed by atoms with E-state index in [-0.39, 0.29) is 0 Å². The van der Waals surface area contributed by atoms with Crippen LogP contribution in [0.4, 0.5) is 5.69 Å².